The van der Waals surface area contributed by atoms with Gasteiger partial charge in [0.2, 0.25) is 0 Å². The second-order valence-corrected chi connectivity index (χ2v) is 3.69. The fourth-order valence-electron chi connectivity index (χ4n) is 1.12. The molecule has 0 amide bonds. The van der Waals surface area contributed by atoms with Crippen LogP contribution in [-0.2, 0) is 9.53 Å². The van der Waals surface area contributed by atoms with Gasteiger partial charge in [-0.05, 0) is 6.07 Å². The van der Waals surface area contributed by atoms with Crippen molar-refractivity contribution in [3.8, 4) is 5.75 Å². The molecule has 0 N–H and O–H groups in total. The molecular weight excluding hydrogens is 267 g/mol. The van der Waals surface area contributed by atoms with Gasteiger partial charge in [-0.15, -0.1) is 0 Å². The lowest BCUT2D eigenvalue weighted by molar-refractivity contribution is -0.139. The van der Waals surface area contributed by atoms with Crippen LogP contribution in [0.15, 0.2) is 18.2 Å². The monoisotopic (exact) mass is 276 g/mol. The molecule has 0 saturated heterocycles. The summed E-state index contributed by atoms with van der Waals surface area (Å²) >= 11 is 3.15. The summed E-state index contributed by atoms with van der Waals surface area (Å²) in [6.07, 6.45) is 0. The summed E-state index contributed by atoms with van der Waals surface area (Å²) < 4.78 is 22.4. The Morgan fingerprint density at radius 2 is 2.13 bits per heavy atom. The molecule has 82 valence electrons. The van der Waals surface area contributed by atoms with Crippen LogP contribution in [0.3, 0.4) is 0 Å². The summed E-state index contributed by atoms with van der Waals surface area (Å²) in [6, 6.07) is 3.95. The van der Waals surface area contributed by atoms with E-state index in [1.165, 1.54) is 32.4 Å². The van der Waals surface area contributed by atoms with Gasteiger partial charge in [0.05, 0.1) is 14.2 Å². The Morgan fingerprint density at radius 3 is 2.67 bits per heavy atom. The third-order valence-electron chi connectivity index (χ3n) is 1.88. The molecule has 0 spiro atoms. The fourth-order valence-corrected chi connectivity index (χ4v) is 1.69. The molecule has 0 heterocycles. The summed E-state index contributed by atoms with van der Waals surface area (Å²) in [7, 11) is 2.70. The average molecular weight is 277 g/mol. The SMILES string of the molecule is COC(=O)C(Br)c1ccc(F)cc1OC. The van der Waals surface area contributed by atoms with E-state index >= 15 is 0 Å². The van der Waals surface area contributed by atoms with Gasteiger partial charge in [-0.2, -0.15) is 0 Å². The number of esters is 1. The van der Waals surface area contributed by atoms with E-state index in [9.17, 15) is 9.18 Å². The van der Waals surface area contributed by atoms with Crippen molar-refractivity contribution in [1.82, 2.24) is 0 Å². The smallest absolute Gasteiger partial charge is 0.324 e. The summed E-state index contributed by atoms with van der Waals surface area (Å²) in [4.78, 5) is 10.6. The highest BCUT2D eigenvalue weighted by molar-refractivity contribution is 9.09. The topological polar surface area (TPSA) is 35.5 Å². The van der Waals surface area contributed by atoms with Crippen molar-refractivity contribution in [2.75, 3.05) is 14.2 Å². The number of hydrogen-bond acceptors (Lipinski definition) is 3. The Balaban J connectivity index is 3.07. The number of methoxy groups -OCH3 is 2. The number of carbonyl (C=O) groups is 1. The number of benzene rings is 1. The highest BCUT2D eigenvalue weighted by atomic mass is 79.9. The first-order valence-corrected chi connectivity index (χ1v) is 5.07. The number of alkyl halides is 1. The molecule has 0 saturated carbocycles. The quantitative estimate of drug-likeness (QED) is 0.629. The lowest BCUT2D eigenvalue weighted by Crippen LogP contribution is -2.09. The molecule has 0 radical (unpaired) electrons. The minimum absolute atomic E-state index is 0.308. The molecule has 0 aliphatic rings. The molecular formula is C10H10BrFO3. The Hall–Kier alpha value is -1.10. The lowest BCUT2D eigenvalue weighted by atomic mass is 10.1. The van der Waals surface area contributed by atoms with Crippen LogP contribution in [0.1, 0.15) is 10.4 Å². The number of carbonyl (C=O) groups excluding carboxylic acids is 1. The van der Waals surface area contributed by atoms with Crippen molar-refractivity contribution < 1.29 is 18.7 Å². The van der Waals surface area contributed by atoms with E-state index < -0.39 is 16.6 Å². The van der Waals surface area contributed by atoms with Crippen molar-refractivity contribution in [1.29, 1.82) is 0 Å². The van der Waals surface area contributed by atoms with Gasteiger partial charge >= 0.3 is 5.97 Å². The lowest BCUT2D eigenvalue weighted by Gasteiger charge is -2.12. The van der Waals surface area contributed by atoms with Gasteiger partial charge in [-0.3, -0.25) is 4.79 Å². The Kier molecular flexibility index (Phi) is 4.08. The summed E-state index contributed by atoms with van der Waals surface area (Å²) in [5.41, 5.74) is 0.533. The van der Waals surface area contributed by atoms with Gasteiger partial charge in [-0.1, -0.05) is 22.0 Å². The van der Waals surface area contributed by atoms with Crippen molar-refractivity contribution in [3.05, 3.63) is 29.6 Å². The number of halogens is 2. The van der Waals surface area contributed by atoms with Crippen LogP contribution in [0.2, 0.25) is 0 Å². The van der Waals surface area contributed by atoms with Crippen molar-refractivity contribution in [2.24, 2.45) is 0 Å². The molecule has 1 rings (SSSR count). The van der Waals surface area contributed by atoms with Crippen LogP contribution in [-0.4, -0.2) is 20.2 Å². The molecule has 15 heavy (non-hydrogen) atoms. The van der Waals surface area contributed by atoms with E-state index in [0.29, 0.717) is 11.3 Å². The van der Waals surface area contributed by atoms with Crippen LogP contribution in [0.5, 0.6) is 5.75 Å². The van der Waals surface area contributed by atoms with Crippen molar-refractivity contribution in [2.45, 2.75) is 4.83 Å². The third-order valence-corrected chi connectivity index (χ3v) is 2.74. The van der Waals surface area contributed by atoms with Crippen molar-refractivity contribution >= 4 is 21.9 Å². The van der Waals surface area contributed by atoms with Gasteiger partial charge in [0.1, 0.15) is 16.4 Å². The van der Waals surface area contributed by atoms with E-state index in [-0.39, 0.29) is 0 Å². The van der Waals surface area contributed by atoms with Gasteiger partial charge < -0.3 is 9.47 Å². The highest BCUT2D eigenvalue weighted by Crippen LogP contribution is 2.32. The predicted octanol–water partition coefficient (Wildman–Crippen LogP) is 2.44. The molecule has 1 unspecified atom stereocenters. The zero-order valence-electron chi connectivity index (χ0n) is 8.29. The van der Waals surface area contributed by atoms with E-state index in [4.69, 9.17) is 4.74 Å². The minimum atomic E-state index is -0.655. The Bertz CT molecular complexity index is 368. The number of ether oxygens (including phenoxy) is 2. The second-order valence-electron chi connectivity index (χ2n) is 2.77. The zero-order valence-corrected chi connectivity index (χ0v) is 9.88. The second kappa shape index (κ2) is 5.11. The van der Waals surface area contributed by atoms with E-state index in [0.717, 1.165) is 0 Å². The molecule has 1 atom stereocenters. The maximum atomic E-state index is 12.9. The van der Waals surface area contributed by atoms with Gasteiger partial charge in [-0.25, -0.2) is 4.39 Å². The molecule has 0 bridgehead atoms. The van der Waals surface area contributed by atoms with Crippen LogP contribution >= 0.6 is 15.9 Å². The molecule has 0 aliphatic carbocycles. The van der Waals surface area contributed by atoms with E-state index in [1.807, 2.05) is 0 Å². The minimum Gasteiger partial charge on any atom is -0.496 e. The molecule has 0 fully saturated rings. The van der Waals surface area contributed by atoms with Crippen molar-refractivity contribution in [3.63, 3.8) is 0 Å². The summed E-state index contributed by atoms with van der Waals surface area (Å²) in [6.45, 7) is 0. The summed E-state index contributed by atoms with van der Waals surface area (Å²) in [5, 5.41) is 0. The highest BCUT2D eigenvalue weighted by Gasteiger charge is 2.21. The first kappa shape index (κ1) is 12.0. The van der Waals surface area contributed by atoms with E-state index in [2.05, 4.69) is 20.7 Å². The molecule has 1 aromatic rings. The molecule has 5 heteroatoms. The molecule has 3 nitrogen and oxygen atoms in total. The number of rotatable bonds is 3. The van der Waals surface area contributed by atoms with Crippen LogP contribution in [0.4, 0.5) is 4.39 Å². The van der Waals surface area contributed by atoms with E-state index in [1.54, 1.807) is 0 Å². The summed E-state index contributed by atoms with van der Waals surface area (Å²) in [5.74, 6) is -0.567. The molecule has 0 aromatic heterocycles. The van der Waals surface area contributed by atoms with Gasteiger partial charge in [0, 0.05) is 11.6 Å². The maximum Gasteiger partial charge on any atom is 0.324 e. The van der Waals surface area contributed by atoms with Gasteiger partial charge in [0.15, 0.2) is 0 Å². The Morgan fingerprint density at radius 1 is 1.47 bits per heavy atom. The van der Waals surface area contributed by atoms with Crippen LogP contribution in [0, 0.1) is 5.82 Å². The normalized spacial score (nSPS) is 12.0. The maximum absolute atomic E-state index is 12.9. The standard InChI is InChI=1S/C10H10BrFO3/c1-14-8-5-6(12)3-4-7(8)9(11)10(13)15-2/h3-5,9H,1-2H3. The molecule has 1 aromatic carbocycles. The predicted molar refractivity (Wildman–Crippen MR) is 56.6 cm³/mol. The molecule has 0 aliphatic heterocycles. The first-order chi connectivity index (χ1) is 7.10. The largest absolute Gasteiger partial charge is 0.496 e. The zero-order chi connectivity index (χ0) is 11.4. The van der Waals surface area contributed by atoms with Crippen LogP contribution < -0.4 is 4.74 Å². The fraction of sp³-hybridized carbons (Fsp3) is 0.300. The van der Waals surface area contributed by atoms with Gasteiger partial charge in [0.25, 0.3) is 0 Å². The Labute approximate surface area is 95.3 Å². The third kappa shape index (κ3) is 2.68. The first-order valence-electron chi connectivity index (χ1n) is 4.15. The van der Waals surface area contributed by atoms with Crippen LogP contribution in [0.25, 0.3) is 0 Å². The number of hydrogen-bond donors (Lipinski definition) is 0. The average Bonchev–Trinajstić information content (AvgIpc) is 2.26.